The molecule has 3 aliphatic rings. The molecule has 0 spiro atoms. The number of hydrogen-bond donors (Lipinski definition) is 0. The fourth-order valence-electron chi connectivity index (χ4n) is 6.40. The van der Waals surface area contributed by atoms with E-state index in [9.17, 15) is 28.8 Å². The zero-order valence-electron chi connectivity index (χ0n) is 20.9. The molecule has 0 atom stereocenters. The standard InChI is InChI=1S/C27H38O6/c1-25(2)9-17(28)15(18(29)10-25)7-8-16(23-19(30)11-26(3,4)12-20(23)31)24-21(32)13-27(5,6)14-22(24)33/h15-16,23-24H,7-14H2,1-6H3. The Morgan fingerprint density at radius 3 is 1.12 bits per heavy atom. The second-order valence-electron chi connectivity index (χ2n) is 13.1. The first kappa shape index (κ1) is 25.6. The Balaban J connectivity index is 1.90. The SMILES string of the molecule is CC1(C)CC(=O)C(CCC(C2C(=O)CC(C)(C)CC2=O)C2C(=O)CC(C)(C)CC2=O)C(=O)C1. The molecule has 0 saturated heterocycles. The average Bonchev–Trinajstić information content (AvgIpc) is 2.55. The molecule has 0 unspecified atom stereocenters. The normalized spacial score (nSPS) is 27.0. The van der Waals surface area contributed by atoms with Gasteiger partial charge in [-0.05, 0) is 35.0 Å². The van der Waals surface area contributed by atoms with Gasteiger partial charge in [0, 0.05) is 38.5 Å². The van der Waals surface area contributed by atoms with E-state index in [2.05, 4.69) is 0 Å². The molecule has 0 amide bonds. The van der Waals surface area contributed by atoms with Crippen LogP contribution in [0.15, 0.2) is 0 Å². The van der Waals surface area contributed by atoms with Crippen molar-refractivity contribution < 1.29 is 28.8 Å². The maximum absolute atomic E-state index is 13.1. The molecule has 3 saturated carbocycles. The number of hydrogen-bond acceptors (Lipinski definition) is 6. The van der Waals surface area contributed by atoms with Crippen molar-refractivity contribution in [2.24, 2.45) is 39.9 Å². The van der Waals surface area contributed by atoms with Gasteiger partial charge in [-0.2, -0.15) is 0 Å². The molecule has 3 rings (SSSR count). The summed E-state index contributed by atoms with van der Waals surface area (Å²) in [7, 11) is 0. The van der Waals surface area contributed by atoms with E-state index < -0.39 is 34.5 Å². The summed E-state index contributed by atoms with van der Waals surface area (Å²) in [6, 6.07) is 0. The summed E-state index contributed by atoms with van der Waals surface area (Å²) in [5.74, 6) is -4.74. The van der Waals surface area contributed by atoms with Crippen LogP contribution in [-0.2, 0) is 28.8 Å². The quantitative estimate of drug-likeness (QED) is 0.575. The van der Waals surface area contributed by atoms with Crippen molar-refractivity contribution >= 4 is 34.7 Å². The Labute approximate surface area is 196 Å². The minimum absolute atomic E-state index is 0.125. The molecule has 0 aromatic rings. The van der Waals surface area contributed by atoms with Crippen LogP contribution in [0.2, 0.25) is 0 Å². The van der Waals surface area contributed by atoms with Gasteiger partial charge in [-0.25, -0.2) is 0 Å². The van der Waals surface area contributed by atoms with Crippen LogP contribution in [0, 0.1) is 39.9 Å². The first-order valence-corrected chi connectivity index (χ1v) is 12.2. The third-order valence-electron chi connectivity index (χ3n) is 7.73. The molecule has 0 heterocycles. The molecule has 6 heteroatoms. The Morgan fingerprint density at radius 2 is 0.818 bits per heavy atom. The van der Waals surface area contributed by atoms with E-state index in [4.69, 9.17) is 0 Å². The van der Waals surface area contributed by atoms with Gasteiger partial charge in [-0.3, -0.25) is 28.8 Å². The van der Waals surface area contributed by atoms with E-state index in [1.165, 1.54) is 0 Å². The Bertz CT molecular complexity index is 798. The first-order valence-electron chi connectivity index (χ1n) is 12.2. The molecular weight excluding hydrogens is 420 g/mol. The predicted octanol–water partition coefficient (Wildman–Crippen LogP) is 4.11. The number of Topliss-reactive ketones (excluding diaryl/α,β-unsaturated/α-hetero) is 6. The molecule has 0 N–H and O–H groups in total. The topological polar surface area (TPSA) is 102 Å². The van der Waals surface area contributed by atoms with Crippen LogP contribution < -0.4 is 0 Å². The van der Waals surface area contributed by atoms with Gasteiger partial charge in [-0.1, -0.05) is 41.5 Å². The molecule has 0 aliphatic heterocycles. The van der Waals surface area contributed by atoms with Crippen molar-refractivity contribution in [2.75, 3.05) is 0 Å². The molecule has 0 aromatic heterocycles. The summed E-state index contributed by atoms with van der Waals surface area (Å²) in [5.41, 5.74) is -1.26. The Kier molecular flexibility index (Phi) is 6.73. The summed E-state index contributed by atoms with van der Waals surface area (Å²) in [5, 5.41) is 0. The highest BCUT2D eigenvalue weighted by molar-refractivity contribution is 6.10. The molecule has 6 nitrogen and oxygen atoms in total. The molecular formula is C27H38O6. The van der Waals surface area contributed by atoms with Gasteiger partial charge in [-0.15, -0.1) is 0 Å². The largest absolute Gasteiger partial charge is 0.299 e. The van der Waals surface area contributed by atoms with Crippen LogP contribution in [0.4, 0.5) is 0 Å². The zero-order valence-corrected chi connectivity index (χ0v) is 20.9. The van der Waals surface area contributed by atoms with Crippen LogP contribution in [0.1, 0.15) is 92.9 Å². The lowest BCUT2D eigenvalue weighted by Crippen LogP contribution is -2.50. The lowest BCUT2D eigenvalue weighted by molar-refractivity contribution is -0.148. The third-order valence-corrected chi connectivity index (χ3v) is 7.73. The van der Waals surface area contributed by atoms with E-state index in [1.54, 1.807) is 0 Å². The van der Waals surface area contributed by atoms with E-state index in [1.807, 2.05) is 41.5 Å². The maximum atomic E-state index is 13.1. The van der Waals surface area contributed by atoms with E-state index in [0.29, 0.717) is 12.8 Å². The van der Waals surface area contributed by atoms with Gasteiger partial charge in [0.25, 0.3) is 0 Å². The van der Waals surface area contributed by atoms with Crippen LogP contribution in [0.3, 0.4) is 0 Å². The van der Waals surface area contributed by atoms with E-state index in [0.717, 1.165) is 0 Å². The Morgan fingerprint density at radius 1 is 0.545 bits per heavy atom. The van der Waals surface area contributed by atoms with Crippen LogP contribution in [0.5, 0.6) is 0 Å². The van der Waals surface area contributed by atoms with Gasteiger partial charge in [0.05, 0.1) is 17.8 Å². The zero-order chi connectivity index (χ0) is 24.9. The van der Waals surface area contributed by atoms with Gasteiger partial charge >= 0.3 is 0 Å². The summed E-state index contributed by atoms with van der Waals surface area (Å²) in [6.45, 7) is 11.3. The lowest BCUT2D eigenvalue weighted by Gasteiger charge is -2.41. The van der Waals surface area contributed by atoms with Gasteiger partial charge in [0.1, 0.15) is 34.7 Å². The summed E-state index contributed by atoms with van der Waals surface area (Å²) >= 11 is 0. The first-order chi connectivity index (χ1) is 15.0. The van der Waals surface area contributed by atoms with E-state index in [-0.39, 0.29) is 78.6 Å². The number of ketones is 6. The third kappa shape index (κ3) is 5.58. The molecule has 0 radical (unpaired) electrons. The fourth-order valence-corrected chi connectivity index (χ4v) is 6.40. The van der Waals surface area contributed by atoms with Gasteiger partial charge < -0.3 is 0 Å². The van der Waals surface area contributed by atoms with Gasteiger partial charge in [0.15, 0.2) is 0 Å². The number of rotatable bonds is 5. The van der Waals surface area contributed by atoms with Crippen molar-refractivity contribution in [3.63, 3.8) is 0 Å². The molecule has 3 fully saturated rings. The molecule has 0 aromatic carbocycles. The summed E-state index contributed by atoms with van der Waals surface area (Å²) in [4.78, 5) is 78.0. The maximum Gasteiger partial charge on any atom is 0.144 e. The molecule has 0 bridgehead atoms. The van der Waals surface area contributed by atoms with Gasteiger partial charge in [0.2, 0.25) is 0 Å². The van der Waals surface area contributed by atoms with Crippen molar-refractivity contribution in [1.29, 1.82) is 0 Å². The predicted molar refractivity (Wildman–Crippen MR) is 122 cm³/mol. The smallest absolute Gasteiger partial charge is 0.144 e. The van der Waals surface area contributed by atoms with Crippen LogP contribution in [0.25, 0.3) is 0 Å². The summed E-state index contributed by atoms with van der Waals surface area (Å²) < 4.78 is 0. The van der Waals surface area contributed by atoms with E-state index >= 15 is 0 Å². The minimum atomic E-state index is -1.01. The second-order valence-corrected chi connectivity index (χ2v) is 13.1. The second kappa shape index (κ2) is 8.66. The minimum Gasteiger partial charge on any atom is -0.299 e. The van der Waals surface area contributed by atoms with Crippen LogP contribution in [-0.4, -0.2) is 34.7 Å². The fraction of sp³-hybridized carbons (Fsp3) is 0.778. The van der Waals surface area contributed by atoms with Crippen molar-refractivity contribution in [1.82, 2.24) is 0 Å². The van der Waals surface area contributed by atoms with Crippen molar-refractivity contribution in [3.8, 4) is 0 Å². The van der Waals surface area contributed by atoms with Crippen LogP contribution >= 0.6 is 0 Å². The highest BCUT2D eigenvalue weighted by Crippen LogP contribution is 2.45. The highest BCUT2D eigenvalue weighted by atomic mass is 16.2. The Hall–Kier alpha value is -1.98. The number of carbonyl (C=O) groups is 6. The monoisotopic (exact) mass is 458 g/mol. The van der Waals surface area contributed by atoms with Crippen molar-refractivity contribution in [2.45, 2.75) is 92.9 Å². The summed E-state index contributed by atoms with van der Waals surface area (Å²) in [6.07, 6.45) is 1.84. The molecule has 182 valence electrons. The number of carbonyl (C=O) groups excluding carboxylic acids is 6. The highest BCUT2D eigenvalue weighted by Gasteiger charge is 2.52. The van der Waals surface area contributed by atoms with Crippen molar-refractivity contribution in [3.05, 3.63) is 0 Å². The molecule has 3 aliphatic carbocycles. The molecule has 33 heavy (non-hydrogen) atoms. The lowest BCUT2D eigenvalue weighted by atomic mass is 9.59. The average molecular weight is 459 g/mol.